The third-order valence-corrected chi connectivity index (χ3v) is 14.8. The van der Waals surface area contributed by atoms with Crippen LogP contribution in [0.4, 0.5) is 16.0 Å². The van der Waals surface area contributed by atoms with Gasteiger partial charge in [0.05, 0.1) is 6.04 Å². The van der Waals surface area contributed by atoms with Crippen molar-refractivity contribution in [2.45, 2.75) is 109 Å². The number of nitrogens with one attached hydrogen (secondary N) is 3. The van der Waals surface area contributed by atoms with E-state index in [0.717, 1.165) is 92.9 Å². The fourth-order valence-electron chi connectivity index (χ4n) is 10.8. The fourth-order valence-corrected chi connectivity index (χ4v) is 10.8. The summed E-state index contributed by atoms with van der Waals surface area (Å²) in [6, 6.07) is 15.7. The minimum Gasteiger partial charge on any atom is -0.392 e. The number of H-pyrrole nitrogens is 1. The number of alkyl halides is 1. The summed E-state index contributed by atoms with van der Waals surface area (Å²) in [7, 11) is 1.94. The fraction of sp³-hybridized carbons (Fsp3) is 0.569. The van der Waals surface area contributed by atoms with Gasteiger partial charge in [0, 0.05) is 105 Å². The Morgan fingerprint density at radius 3 is 2.41 bits per heavy atom. The number of hydrogen-bond acceptors (Lipinski definition) is 8. The Balaban J connectivity index is 0.781. The molecule has 10 heteroatoms. The molecule has 3 N–H and O–H groups in total. The van der Waals surface area contributed by atoms with Gasteiger partial charge in [-0.2, -0.15) is 0 Å². The van der Waals surface area contributed by atoms with E-state index in [1.54, 1.807) is 13.8 Å². The minimum absolute atomic E-state index is 0.0973. The van der Waals surface area contributed by atoms with Gasteiger partial charge in [0.25, 0.3) is 0 Å². The number of anilines is 2. The maximum absolute atomic E-state index is 15.1. The first-order valence-corrected chi connectivity index (χ1v) is 23.4. The first-order chi connectivity index (χ1) is 29.5. The lowest BCUT2D eigenvalue weighted by Crippen LogP contribution is -2.47. The summed E-state index contributed by atoms with van der Waals surface area (Å²) in [5.41, 5.74) is 8.96. The number of hydrogen-bond donors (Lipinski definition) is 3. The molecular formula is C51H72FN9. The van der Waals surface area contributed by atoms with Crippen molar-refractivity contribution in [1.29, 1.82) is 0 Å². The third-order valence-electron chi connectivity index (χ3n) is 14.8. The van der Waals surface area contributed by atoms with E-state index in [4.69, 9.17) is 9.97 Å². The van der Waals surface area contributed by atoms with E-state index in [9.17, 15) is 0 Å². The van der Waals surface area contributed by atoms with Crippen LogP contribution in [0.2, 0.25) is 0 Å². The molecule has 0 bridgehead atoms. The predicted molar refractivity (Wildman–Crippen MR) is 251 cm³/mol. The molecular weight excluding hydrogens is 758 g/mol. The molecule has 2 atom stereocenters. The summed E-state index contributed by atoms with van der Waals surface area (Å²) in [5, 5.41) is 8.13. The summed E-state index contributed by atoms with van der Waals surface area (Å²) in [4.78, 5) is 23.7. The average Bonchev–Trinajstić information content (AvgIpc) is 3.65. The Kier molecular flexibility index (Phi) is 13.5. The average molecular weight is 830 g/mol. The second-order valence-corrected chi connectivity index (χ2v) is 19.5. The molecule has 0 amide bonds. The molecule has 0 saturated carbocycles. The molecule has 0 radical (unpaired) electrons. The molecule has 3 saturated heterocycles. The summed E-state index contributed by atoms with van der Waals surface area (Å²) < 4.78 is 15.1. The molecule has 2 unspecified atom stereocenters. The lowest BCUT2D eigenvalue weighted by molar-refractivity contribution is 0.0754. The van der Waals surface area contributed by atoms with E-state index >= 15 is 4.39 Å². The van der Waals surface area contributed by atoms with Crippen LogP contribution >= 0.6 is 0 Å². The monoisotopic (exact) mass is 830 g/mol. The van der Waals surface area contributed by atoms with Crippen molar-refractivity contribution in [3.8, 4) is 0 Å². The molecule has 0 aliphatic carbocycles. The Bertz CT molecular complexity index is 2080. The lowest BCUT2D eigenvalue weighted by Gasteiger charge is -2.47. The molecule has 3 fully saturated rings. The summed E-state index contributed by atoms with van der Waals surface area (Å²) >= 11 is 0. The number of allylic oxidation sites excluding steroid dienone is 1. The second-order valence-electron chi connectivity index (χ2n) is 19.5. The number of aromatic amines is 1. The summed E-state index contributed by atoms with van der Waals surface area (Å²) in [6.45, 7) is 23.7. The van der Waals surface area contributed by atoms with Crippen LogP contribution in [-0.2, 0) is 13.0 Å². The molecule has 8 rings (SSSR count). The molecule has 9 nitrogen and oxygen atoms in total. The van der Waals surface area contributed by atoms with Gasteiger partial charge in [0.1, 0.15) is 5.67 Å². The van der Waals surface area contributed by atoms with Gasteiger partial charge in [-0.15, -0.1) is 6.58 Å². The van der Waals surface area contributed by atoms with Crippen molar-refractivity contribution in [2.24, 2.45) is 11.3 Å². The zero-order valence-corrected chi connectivity index (χ0v) is 37.6. The maximum Gasteiger partial charge on any atom is 0.225 e. The van der Waals surface area contributed by atoms with Gasteiger partial charge >= 0.3 is 0 Å². The van der Waals surface area contributed by atoms with Gasteiger partial charge in [0.15, 0.2) is 0 Å². The van der Waals surface area contributed by atoms with Gasteiger partial charge in [-0.25, -0.2) is 14.4 Å². The minimum atomic E-state index is -1.30. The lowest BCUT2D eigenvalue weighted by atomic mass is 9.71. The summed E-state index contributed by atoms with van der Waals surface area (Å²) in [6.07, 6.45) is 17.8. The van der Waals surface area contributed by atoms with Gasteiger partial charge in [-0.1, -0.05) is 36.9 Å². The first kappa shape index (κ1) is 43.4. The molecule has 61 heavy (non-hydrogen) atoms. The normalized spacial score (nSPS) is 20.8. The van der Waals surface area contributed by atoms with E-state index in [2.05, 4.69) is 97.8 Å². The quantitative estimate of drug-likeness (QED) is 0.0967. The number of piperidine rings is 3. The zero-order valence-electron chi connectivity index (χ0n) is 37.6. The predicted octanol–water partition coefficient (Wildman–Crippen LogP) is 9.11. The smallest absolute Gasteiger partial charge is 0.225 e. The first-order valence-electron chi connectivity index (χ1n) is 23.4. The van der Waals surface area contributed by atoms with Crippen LogP contribution in [0.1, 0.15) is 106 Å². The number of benzene rings is 2. The van der Waals surface area contributed by atoms with E-state index in [1.807, 2.05) is 25.5 Å². The number of fused-ring (bicyclic) bond motifs is 3. The molecule has 4 aliphatic heterocycles. The van der Waals surface area contributed by atoms with Crippen molar-refractivity contribution >= 4 is 22.5 Å². The highest BCUT2D eigenvalue weighted by atomic mass is 19.1. The Labute approximate surface area is 365 Å². The van der Waals surface area contributed by atoms with E-state index in [-0.39, 0.29) is 12.1 Å². The van der Waals surface area contributed by atoms with Crippen molar-refractivity contribution < 1.29 is 4.39 Å². The Morgan fingerprint density at radius 2 is 1.70 bits per heavy atom. The van der Waals surface area contributed by atoms with Gasteiger partial charge in [-0.05, 0) is 151 Å². The molecule has 2 aromatic carbocycles. The number of likely N-dealkylation sites (tertiary alicyclic amines) is 1. The van der Waals surface area contributed by atoms with Crippen molar-refractivity contribution in [3.63, 3.8) is 0 Å². The van der Waals surface area contributed by atoms with E-state index in [0.29, 0.717) is 12.0 Å². The highest BCUT2D eigenvalue weighted by Gasteiger charge is 2.39. The molecule has 1 spiro atoms. The molecule has 328 valence electrons. The molecule has 4 aromatic rings. The standard InChI is InChI=1S/C51H72FN9/c1-7-42(14-13-38(3)53-6)54-33-40-32-43(15-12-37(40)2)59-25-17-39(18-26-59)16-24-58-28-20-51(21-29-58)22-30-60(31-23-51)49-55-34-41(35-56-49)48-47-45(19-27-61(48)36-50(4,5)52)44-10-8-9-11-46(44)57-47/h7-12,15,32,34-35,39,42,48,53-54,57H,1,3,13-14,16-31,33,36H2,2,4-6H3. The Hall–Kier alpha value is -4.25. The second kappa shape index (κ2) is 19.0. The number of nitrogens with zero attached hydrogens (tertiary/aromatic N) is 6. The molecule has 6 heterocycles. The van der Waals surface area contributed by atoms with E-state index < -0.39 is 5.67 Å². The number of rotatable bonds is 16. The number of para-hydroxylation sites is 1. The molecule has 2 aromatic heterocycles. The van der Waals surface area contributed by atoms with Crippen LogP contribution in [0.15, 0.2) is 79.8 Å². The number of aryl methyl sites for hydroxylation is 1. The summed E-state index contributed by atoms with van der Waals surface area (Å²) in [5.74, 6) is 1.64. The van der Waals surface area contributed by atoms with Gasteiger partial charge in [-0.3, -0.25) is 4.90 Å². The molecule has 4 aliphatic rings. The van der Waals surface area contributed by atoms with Crippen molar-refractivity contribution in [3.05, 3.63) is 108 Å². The maximum atomic E-state index is 15.1. The van der Waals surface area contributed by atoms with Gasteiger partial charge < -0.3 is 30.3 Å². The van der Waals surface area contributed by atoms with Crippen LogP contribution in [-0.4, -0.2) is 102 Å². The highest BCUT2D eigenvalue weighted by molar-refractivity contribution is 5.85. The highest BCUT2D eigenvalue weighted by Crippen LogP contribution is 2.43. The van der Waals surface area contributed by atoms with Crippen LogP contribution in [0.3, 0.4) is 0 Å². The largest absolute Gasteiger partial charge is 0.392 e. The Morgan fingerprint density at radius 1 is 0.984 bits per heavy atom. The van der Waals surface area contributed by atoms with Crippen LogP contribution < -0.4 is 20.4 Å². The SMILES string of the molecule is C=CC(CCC(=C)NC)NCc1cc(N2CCC(CCN3CCC4(CC3)CCN(c3ncc(C5c6[nH]c7ccccc7c6CCN5CC(C)(C)F)cn3)CC4)CC2)ccc1C. The third kappa shape index (κ3) is 10.3. The van der Waals surface area contributed by atoms with Crippen molar-refractivity contribution in [1.82, 2.24) is 35.4 Å². The zero-order chi connectivity index (χ0) is 42.6. The van der Waals surface area contributed by atoms with Crippen molar-refractivity contribution in [2.75, 3.05) is 75.8 Å². The van der Waals surface area contributed by atoms with Crippen LogP contribution in [0, 0.1) is 18.3 Å². The van der Waals surface area contributed by atoms with E-state index in [1.165, 1.54) is 92.3 Å². The number of aromatic nitrogens is 3. The van der Waals surface area contributed by atoms with Crippen LogP contribution in [0.5, 0.6) is 0 Å². The van der Waals surface area contributed by atoms with Crippen LogP contribution in [0.25, 0.3) is 10.9 Å². The number of halogens is 1. The topological polar surface area (TPSA) is 78.6 Å². The van der Waals surface area contributed by atoms with Gasteiger partial charge in [0.2, 0.25) is 5.95 Å².